The number of nitrogens with one attached hydrogen (secondary N) is 1. The minimum atomic E-state index is -3.90. The number of carbonyl (C=O) groups is 2. The molecule has 2 aliphatic rings. The van der Waals surface area contributed by atoms with Crippen molar-refractivity contribution in [1.29, 1.82) is 0 Å². The van der Waals surface area contributed by atoms with Crippen LogP contribution < -0.4 is 15.0 Å². The molecule has 1 aliphatic heterocycles. The highest BCUT2D eigenvalue weighted by Gasteiger charge is 2.37. The Morgan fingerprint density at radius 1 is 1.18 bits per heavy atom. The normalized spacial score (nSPS) is 17.9. The van der Waals surface area contributed by atoms with E-state index >= 15 is 0 Å². The van der Waals surface area contributed by atoms with Gasteiger partial charge in [-0.05, 0) is 69.0 Å². The summed E-state index contributed by atoms with van der Waals surface area (Å²) in [6.45, 7) is 3.93. The lowest BCUT2D eigenvalue weighted by Crippen LogP contribution is -2.42. The van der Waals surface area contributed by atoms with Gasteiger partial charge in [0, 0.05) is 24.7 Å². The molecule has 1 saturated carbocycles. The lowest BCUT2D eigenvalue weighted by molar-refractivity contribution is -0.125. The van der Waals surface area contributed by atoms with Gasteiger partial charge in [0.1, 0.15) is 5.75 Å². The van der Waals surface area contributed by atoms with Crippen molar-refractivity contribution in [2.75, 3.05) is 30.4 Å². The second-order valence-electron chi connectivity index (χ2n) is 8.92. The summed E-state index contributed by atoms with van der Waals surface area (Å²) in [6.07, 6.45) is 3.53. The van der Waals surface area contributed by atoms with E-state index in [0.29, 0.717) is 24.5 Å². The number of rotatable bonds is 8. The van der Waals surface area contributed by atoms with E-state index in [2.05, 4.69) is 5.32 Å². The van der Waals surface area contributed by atoms with Crippen LogP contribution in [0.4, 0.5) is 11.4 Å². The maximum atomic E-state index is 13.2. The summed E-state index contributed by atoms with van der Waals surface area (Å²) in [4.78, 5) is 27.4. The van der Waals surface area contributed by atoms with E-state index < -0.39 is 15.9 Å². The molecule has 1 heterocycles. The SMILES string of the molecule is CCOc1ccccc1NC(=O)CN(C)S(=O)(=O)c1ccc2c(c1)C[C@H](C)N2C(=O)C1CCC1. The van der Waals surface area contributed by atoms with E-state index in [9.17, 15) is 18.0 Å². The zero-order chi connectivity index (χ0) is 24.5. The first-order valence-corrected chi connectivity index (χ1v) is 13.1. The standard InChI is InChI=1S/C25H31N3O5S/c1-4-33-23-11-6-5-10-21(23)26-24(29)16-27(3)34(31,32)20-12-13-22-19(15-20)14-17(2)28(22)25(30)18-8-7-9-18/h5-6,10-13,15,17-18H,4,7-9,14,16H2,1-3H3,(H,26,29)/t17-/m0/s1. The fourth-order valence-electron chi connectivity index (χ4n) is 4.46. The molecule has 34 heavy (non-hydrogen) atoms. The number of fused-ring (bicyclic) bond motifs is 1. The molecular formula is C25H31N3O5S. The number of nitrogens with zero attached hydrogens (tertiary/aromatic N) is 2. The number of carbonyl (C=O) groups excluding carboxylic acids is 2. The van der Waals surface area contributed by atoms with Gasteiger partial charge >= 0.3 is 0 Å². The molecule has 9 heteroatoms. The summed E-state index contributed by atoms with van der Waals surface area (Å²) in [5, 5.41) is 2.72. The molecule has 8 nitrogen and oxygen atoms in total. The molecule has 2 aromatic carbocycles. The molecule has 1 fully saturated rings. The van der Waals surface area contributed by atoms with Gasteiger partial charge in [0.05, 0.1) is 23.7 Å². The second-order valence-corrected chi connectivity index (χ2v) is 11.0. The van der Waals surface area contributed by atoms with Crippen LogP contribution in [0.1, 0.15) is 38.7 Å². The number of anilines is 2. The Bertz CT molecular complexity index is 1190. The minimum absolute atomic E-state index is 0.00466. The lowest BCUT2D eigenvalue weighted by Gasteiger charge is -2.32. The maximum Gasteiger partial charge on any atom is 0.243 e. The van der Waals surface area contributed by atoms with Gasteiger partial charge in [0.25, 0.3) is 0 Å². The first-order valence-electron chi connectivity index (χ1n) is 11.7. The van der Waals surface area contributed by atoms with Crippen molar-refractivity contribution in [1.82, 2.24) is 4.31 Å². The van der Waals surface area contributed by atoms with E-state index in [4.69, 9.17) is 4.74 Å². The van der Waals surface area contributed by atoms with Gasteiger partial charge in [-0.25, -0.2) is 8.42 Å². The van der Waals surface area contributed by atoms with Crippen molar-refractivity contribution in [3.05, 3.63) is 48.0 Å². The topological polar surface area (TPSA) is 96.0 Å². The van der Waals surface area contributed by atoms with Crippen molar-refractivity contribution >= 4 is 33.2 Å². The summed E-state index contributed by atoms with van der Waals surface area (Å²) in [6, 6.07) is 11.9. The molecule has 1 atom stereocenters. The van der Waals surface area contributed by atoms with E-state index in [0.717, 1.165) is 34.8 Å². The third-order valence-electron chi connectivity index (χ3n) is 6.49. The minimum Gasteiger partial charge on any atom is -0.492 e. The first-order chi connectivity index (χ1) is 16.2. The number of benzene rings is 2. The molecule has 0 unspecified atom stereocenters. The van der Waals surface area contributed by atoms with E-state index in [1.165, 1.54) is 13.1 Å². The summed E-state index contributed by atoms with van der Waals surface area (Å²) >= 11 is 0. The fourth-order valence-corrected chi connectivity index (χ4v) is 5.64. The Kier molecular flexibility index (Phi) is 6.95. The number of amides is 2. The Labute approximate surface area is 200 Å². The summed E-state index contributed by atoms with van der Waals surface area (Å²) in [5.74, 6) is 0.270. The lowest BCUT2D eigenvalue weighted by atomic mass is 9.84. The summed E-state index contributed by atoms with van der Waals surface area (Å²) < 4.78 is 32.9. The van der Waals surface area contributed by atoms with Gasteiger partial charge in [-0.15, -0.1) is 0 Å². The zero-order valence-corrected chi connectivity index (χ0v) is 20.6. The van der Waals surface area contributed by atoms with Crippen LogP contribution in [0.25, 0.3) is 0 Å². The zero-order valence-electron chi connectivity index (χ0n) is 19.8. The predicted molar refractivity (Wildman–Crippen MR) is 130 cm³/mol. The molecule has 0 spiro atoms. The Morgan fingerprint density at radius 2 is 1.91 bits per heavy atom. The molecule has 2 amide bonds. The van der Waals surface area contributed by atoms with Crippen LogP contribution >= 0.6 is 0 Å². The van der Waals surface area contributed by atoms with Crippen molar-refractivity contribution in [3.8, 4) is 5.75 Å². The van der Waals surface area contributed by atoms with Crippen LogP contribution in [0.5, 0.6) is 5.75 Å². The average Bonchev–Trinajstić information content (AvgIpc) is 3.08. The number of likely N-dealkylation sites (N-methyl/N-ethyl adjacent to an activating group) is 1. The number of para-hydroxylation sites is 2. The molecule has 0 radical (unpaired) electrons. The third kappa shape index (κ3) is 4.67. The molecule has 2 aromatic rings. The first kappa shape index (κ1) is 24.2. The number of sulfonamides is 1. The van der Waals surface area contributed by atoms with Crippen molar-refractivity contribution < 1.29 is 22.7 Å². The van der Waals surface area contributed by atoms with Gasteiger partial charge in [0.15, 0.2) is 0 Å². The molecule has 1 aliphatic carbocycles. The second kappa shape index (κ2) is 9.76. The van der Waals surface area contributed by atoms with Crippen LogP contribution in [-0.4, -0.2) is 50.8 Å². The third-order valence-corrected chi connectivity index (χ3v) is 8.29. The molecule has 182 valence electrons. The fraction of sp³-hybridized carbons (Fsp3) is 0.440. The Balaban J connectivity index is 1.47. The number of ether oxygens (including phenoxy) is 1. The highest BCUT2D eigenvalue weighted by molar-refractivity contribution is 7.89. The van der Waals surface area contributed by atoms with Gasteiger partial charge < -0.3 is 15.0 Å². The maximum absolute atomic E-state index is 13.2. The largest absolute Gasteiger partial charge is 0.492 e. The van der Waals surface area contributed by atoms with Crippen LogP contribution in [-0.2, 0) is 26.0 Å². The van der Waals surface area contributed by atoms with E-state index in [1.54, 1.807) is 36.4 Å². The Hall–Kier alpha value is -2.91. The van der Waals surface area contributed by atoms with Gasteiger partial charge in [-0.1, -0.05) is 18.6 Å². The molecule has 0 bridgehead atoms. The van der Waals surface area contributed by atoms with Crippen LogP contribution in [0.3, 0.4) is 0 Å². The quantitative estimate of drug-likeness (QED) is 0.618. The molecule has 0 aromatic heterocycles. The number of hydrogen-bond donors (Lipinski definition) is 1. The molecular weight excluding hydrogens is 454 g/mol. The van der Waals surface area contributed by atoms with Gasteiger partial charge in [-0.2, -0.15) is 4.31 Å². The highest BCUT2D eigenvalue weighted by atomic mass is 32.2. The summed E-state index contributed by atoms with van der Waals surface area (Å²) in [5.41, 5.74) is 2.11. The Morgan fingerprint density at radius 3 is 2.59 bits per heavy atom. The number of hydrogen-bond acceptors (Lipinski definition) is 5. The predicted octanol–water partition coefficient (Wildman–Crippen LogP) is 3.42. The van der Waals surface area contributed by atoms with Crippen molar-refractivity contribution in [2.45, 2.75) is 50.5 Å². The molecule has 0 saturated heterocycles. The van der Waals surface area contributed by atoms with E-state index in [-0.39, 0.29) is 29.3 Å². The molecule has 1 N–H and O–H groups in total. The van der Waals surface area contributed by atoms with Crippen LogP contribution in [0.15, 0.2) is 47.4 Å². The van der Waals surface area contributed by atoms with Gasteiger partial charge in [-0.3, -0.25) is 9.59 Å². The monoisotopic (exact) mass is 485 g/mol. The van der Waals surface area contributed by atoms with Crippen molar-refractivity contribution in [3.63, 3.8) is 0 Å². The smallest absolute Gasteiger partial charge is 0.243 e. The van der Waals surface area contributed by atoms with Crippen molar-refractivity contribution in [2.24, 2.45) is 5.92 Å². The van der Waals surface area contributed by atoms with Crippen LogP contribution in [0, 0.1) is 5.92 Å². The van der Waals surface area contributed by atoms with E-state index in [1.807, 2.05) is 18.7 Å². The average molecular weight is 486 g/mol. The van der Waals surface area contributed by atoms with Crippen LogP contribution in [0.2, 0.25) is 0 Å². The molecule has 4 rings (SSSR count). The summed E-state index contributed by atoms with van der Waals surface area (Å²) in [7, 11) is -2.51. The van der Waals surface area contributed by atoms with Gasteiger partial charge in [0.2, 0.25) is 21.8 Å². The highest BCUT2D eigenvalue weighted by Crippen LogP contribution is 2.38.